The fourth-order valence-corrected chi connectivity index (χ4v) is 2.09. The van der Waals surface area contributed by atoms with Gasteiger partial charge in [0.15, 0.2) is 5.96 Å². The third-order valence-corrected chi connectivity index (χ3v) is 2.94. The van der Waals surface area contributed by atoms with E-state index in [1.807, 2.05) is 52.0 Å². The molecule has 1 aromatic rings. The van der Waals surface area contributed by atoms with E-state index in [9.17, 15) is 9.59 Å². The molecule has 7 nitrogen and oxygen atoms in total. The molecule has 0 heterocycles. The number of rotatable bonds is 6. The quantitative estimate of drug-likeness (QED) is 0.464. The zero-order chi connectivity index (χ0) is 18.9. The van der Waals surface area contributed by atoms with Crippen LogP contribution < -0.4 is 21.3 Å². The molecular weight excluding hydrogens is 318 g/mol. The summed E-state index contributed by atoms with van der Waals surface area (Å²) in [6.45, 7) is 10.5. The highest BCUT2D eigenvalue weighted by atomic mass is 16.2. The number of guanidine groups is 1. The Morgan fingerprint density at radius 2 is 1.88 bits per heavy atom. The second kappa shape index (κ2) is 9.66. The second-order valence-electron chi connectivity index (χ2n) is 6.73. The lowest BCUT2D eigenvalue weighted by Crippen LogP contribution is -2.48. The summed E-state index contributed by atoms with van der Waals surface area (Å²) in [6, 6.07) is 7.51. The van der Waals surface area contributed by atoms with Gasteiger partial charge in [0.25, 0.3) is 0 Å². The summed E-state index contributed by atoms with van der Waals surface area (Å²) in [5.41, 5.74) is 1.43. The molecule has 0 spiro atoms. The molecule has 4 N–H and O–H groups in total. The van der Waals surface area contributed by atoms with Gasteiger partial charge in [0.2, 0.25) is 11.8 Å². The minimum atomic E-state index is -0.265. The van der Waals surface area contributed by atoms with Crippen molar-refractivity contribution >= 4 is 23.5 Å². The Bertz CT molecular complexity index is 620. The minimum absolute atomic E-state index is 0.0919. The van der Waals surface area contributed by atoms with E-state index >= 15 is 0 Å². The van der Waals surface area contributed by atoms with Crippen LogP contribution in [0, 0.1) is 0 Å². The van der Waals surface area contributed by atoms with Crippen LogP contribution in [0.15, 0.2) is 29.3 Å². The van der Waals surface area contributed by atoms with Gasteiger partial charge >= 0.3 is 0 Å². The van der Waals surface area contributed by atoms with Crippen LogP contribution in [0.2, 0.25) is 0 Å². The van der Waals surface area contributed by atoms with Crippen molar-refractivity contribution in [1.82, 2.24) is 16.0 Å². The Hall–Kier alpha value is -2.57. The standard InChI is InChI=1S/C18H29N5O2/c1-6-19-17(21-12-16(25)23-18(3,4)5)20-11-14-8-7-9-15(10-14)22-13(2)24/h7-10H,6,11-12H2,1-5H3,(H,22,24)(H,23,25)(H2,19,20,21). The monoisotopic (exact) mass is 347 g/mol. The number of amides is 2. The molecule has 7 heteroatoms. The van der Waals surface area contributed by atoms with Gasteiger partial charge in [-0.1, -0.05) is 12.1 Å². The van der Waals surface area contributed by atoms with E-state index in [-0.39, 0.29) is 23.9 Å². The Kier molecular flexibility index (Phi) is 7.91. The lowest BCUT2D eigenvalue weighted by atomic mass is 10.1. The summed E-state index contributed by atoms with van der Waals surface area (Å²) in [5, 5.41) is 11.8. The Morgan fingerprint density at radius 1 is 1.16 bits per heavy atom. The van der Waals surface area contributed by atoms with Gasteiger partial charge < -0.3 is 21.3 Å². The maximum Gasteiger partial charge on any atom is 0.239 e. The zero-order valence-electron chi connectivity index (χ0n) is 15.7. The first kappa shape index (κ1) is 20.5. The number of anilines is 1. The van der Waals surface area contributed by atoms with Gasteiger partial charge in [0.05, 0.1) is 13.1 Å². The first-order chi connectivity index (χ1) is 11.7. The molecule has 0 fully saturated rings. The maximum absolute atomic E-state index is 11.9. The van der Waals surface area contributed by atoms with Crippen molar-refractivity contribution in [3.05, 3.63) is 29.8 Å². The number of nitrogens with one attached hydrogen (secondary N) is 4. The van der Waals surface area contributed by atoms with Gasteiger partial charge in [-0.3, -0.25) is 9.59 Å². The highest BCUT2D eigenvalue weighted by molar-refractivity contribution is 5.88. The number of hydrogen-bond donors (Lipinski definition) is 4. The van der Waals surface area contributed by atoms with Crippen LogP contribution in [0.1, 0.15) is 40.2 Å². The average Bonchev–Trinajstić information content (AvgIpc) is 2.48. The predicted molar refractivity (Wildman–Crippen MR) is 101 cm³/mol. The van der Waals surface area contributed by atoms with Crippen molar-refractivity contribution in [1.29, 1.82) is 0 Å². The van der Waals surface area contributed by atoms with E-state index in [0.717, 1.165) is 11.3 Å². The Balaban J connectivity index is 2.66. The van der Waals surface area contributed by atoms with Crippen molar-refractivity contribution in [3.63, 3.8) is 0 Å². The van der Waals surface area contributed by atoms with Gasteiger partial charge in [-0.15, -0.1) is 0 Å². The Morgan fingerprint density at radius 3 is 2.48 bits per heavy atom. The number of nitrogens with zero attached hydrogens (tertiary/aromatic N) is 1. The van der Waals surface area contributed by atoms with Crippen LogP contribution >= 0.6 is 0 Å². The first-order valence-electron chi connectivity index (χ1n) is 8.39. The molecule has 0 bridgehead atoms. The van der Waals surface area contributed by atoms with Gasteiger partial charge in [-0.2, -0.15) is 0 Å². The number of benzene rings is 1. The fourth-order valence-electron chi connectivity index (χ4n) is 2.09. The van der Waals surface area contributed by atoms with Crippen LogP contribution in [-0.4, -0.2) is 36.4 Å². The molecule has 0 unspecified atom stereocenters. The fraction of sp³-hybridized carbons (Fsp3) is 0.500. The third-order valence-electron chi connectivity index (χ3n) is 2.94. The molecule has 1 aromatic carbocycles. The smallest absolute Gasteiger partial charge is 0.239 e. The summed E-state index contributed by atoms with van der Waals surface area (Å²) < 4.78 is 0. The molecule has 0 atom stereocenters. The zero-order valence-corrected chi connectivity index (χ0v) is 15.7. The molecule has 25 heavy (non-hydrogen) atoms. The van der Waals surface area contributed by atoms with Crippen LogP contribution in [0.5, 0.6) is 0 Å². The molecule has 0 aromatic heterocycles. The van der Waals surface area contributed by atoms with E-state index in [4.69, 9.17) is 0 Å². The number of carbonyl (C=O) groups is 2. The number of carbonyl (C=O) groups excluding carboxylic acids is 2. The molecule has 0 saturated heterocycles. The summed E-state index contributed by atoms with van der Waals surface area (Å²) in [6.07, 6.45) is 0. The molecular formula is C18H29N5O2. The minimum Gasteiger partial charge on any atom is -0.357 e. The maximum atomic E-state index is 11.9. The lowest BCUT2D eigenvalue weighted by Gasteiger charge is -2.21. The summed E-state index contributed by atoms with van der Waals surface area (Å²) >= 11 is 0. The highest BCUT2D eigenvalue weighted by Crippen LogP contribution is 2.11. The molecule has 2 amide bonds. The highest BCUT2D eigenvalue weighted by Gasteiger charge is 2.13. The third kappa shape index (κ3) is 9.34. The largest absolute Gasteiger partial charge is 0.357 e. The summed E-state index contributed by atoms with van der Waals surface area (Å²) in [7, 11) is 0. The molecule has 0 aliphatic rings. The van der Waals surface area contributed by atoms with Crippen molar-refractivity contribution in [3.8, 4) is 0 Å². The van der Waals surface area contributed by atoms with Crippen LogP contribution in [0.3, 0.4) is 0 Å². The first-order valence-corrected chi connectivity index (χ1v) is 8.39. The number of aliphatic imine (C=N–C) groups is 1. The van der Waals surface area contributed by atoms with Crippen LogP contribution in [0.25, 0.3) is 0 Å². The van der Waals surface area contributed by atoms with Gasteiger partial charge in [0.1, 0.15) is 0 Å². The Labute approximate surface area is 149 Å². The summed E-state index contributed by atoms with van der Waals surface area (Å²) in [4.78, 5) is 27.5. The van der Waals surface area contributed by atoms with Crippen molar-refractivity contribution in [2.75, 3.05) is 18.4 Å². The lowest BCUT2D eigenvalue weighted by molar-refractivity contribution is -0.121. The van der Waals surface area contributed by atoms with E-state index in [2.05, 4.69) is 26.3 Å². The summed E-state index contributed by atoms with van der Waals surface area (Å²) in [5.74, 6) is 0.364. The van der Waals surface area contributed by atoms with Crippen LogP contribution in [-0.2, 0) is 16.1 Å². The topological polar surface area (TPSA) is 94.6 Å². The van der Waals surface area contributed by atoms with Crippen LogP contribution in [0.4, 0.5) is 5.69 Å². The van der Waals surface area contributed by atoms with Gasteiger partial charge in [-0.25, -0.2) is 4.99 Å². The second-order valence-corrected chi connectivity index (χ2v) is 6.73. The molecule has 0 saturated carbocycles. The molecule has 1 rings (SSSR count). The average molecular weight is 347 g/mol. The van der Waals surface area contributed by atoms with Gasteiger partial charge in [0, 0.05) is 24.7 Å². The predicted octanol–water partition coefficient (Wildman–Crippen LogP) is 1.61. The molecule has 0 radical (unpaired) electrons. The van der Waals surface area contributed by atoms with Crippen molar-refractivity contribution in [2.45, 2.75) is 46.7 Å². The van der Waals surface area contributed by atoms with Crippen molar-refractivity contribution in [2.24, 2.45) is 4.99 Å². The van der Waals surface area contributed by atoms with E-state index in [1.54, 1.807) is 0 Å². The SMILES string of the molecule is CCNC(=NCc1cccc(NC(C)=O)c1)NCC(=O)NC(C)(C)C. The van der Waals surface area contributed by atoms with Gasteiger partial charge in [-0.05, 0) is 45.4 Å². The van der Waals surface area contributed by atoms with E-state index in [0.29, 0.717) is 19.0 Å². The molecule has 0 aliphatic heterocycles. The van der Waals surface area contributed by atoms with E-state index in [1.165, 1.54) is 6.92 Å². The molecule has 138 valence electrons. The normalized spacial score (nSPS) is 11.6. The van der Waals surface area contributed by atoms with Crippen molar-refractivity contribution < 1.29 is 9.59 Å². The van der Waals surface area contributed by atoms with E-state index < -0.39 is 0 Å². The molecule has 0 aliphatic carbocycles. The number of hydrogen-bond acceptors (Lipinski definition) is 3.